The number of hydrogen-bond donors (Lipinski definition) is 1. The second-order valence-corrected chi connectivity index (χ2v) is 8.80. The lowest BCUT2D eigenvalue weighted by atomic mass is 9.85. The largest absolute Gasteiger partial charge is 0.480 e. The van der Waals surface area contributed by atoms with Gasteiger partial charge in [-0.1, -0.05) is 18.9 Å². The average Bonchev–Trinajstić information content (AvgIpc) is 3.18. The van der Waals surface area contributed by atoms with Crippen LogP contribution in [0.4, 0.5) is 0 Å². The second kappa shape index (κ2) is 5.82. The number of carboxylic acids is 1. The third-order valence-electron chi connectivity index (χ3n) is 5.58. The predicted octanol–water partition coefficient (Wildman–Crippen LogP) is 2.12. The first-order valence-corrected chi connectivity index (χ1v) is 9.88. The zero-order valence-corrected chi connectivity index (χ0v) is 14.2. The van der Waals surface area contributed by atoms with Crippen LogP contribution in [0.2, 0.25) is 0 Å². The van der Waals surface area contributed by atoms with Gasteiger partial charge in [0.1, 0.15) is 6.04 Å². The molecule has 2 heterocycles. The third-order valence-corrected chi connectivity index (χ3v) is 7.51. The molecule has 0 bridgehead atoms. The Morgan fingerprint density at radius 2 is 1.92 bits per heavy atom. The monoisotopic (exact) mass is 351 g/mol. The van der Waals surface area contributed by atoms with Gasteiger partial charge in [0.2, 0.25) is 10.0 Å². The number of hydrogen-bond acceptors (Lipinski definition) is 4. The molecule has 0 radical (unpaired) electrons. The zero-order chi connectivity index (χ0) is 16.9. The smallest absolute Gasteiger partial charge is 0.322 e. The van der Waals surface area contributed by atoms with Gasteiger partial charge in [-0.2, -0.15) is 4.31 Å². The average molecular weight is 351 g/mol. The van der Waals surface area contributed by atoms with Crippen molar-refractivity contribution in [1.82, 2.24) is 4.31 Å². The van der Waals surface area contributed by atoms with Crippen molar-refractivity contribution in [2.24, 2.45) is 5.92 Å². The maximum atomic E-state index is 13.2. The first-order chi connectivity index (χ1) is 11.5. The molecule has 1 aliphatic carbocycles. The van der Waals surface area contributed by atoms with E-state index in [2.05, 4.69) is 0 Å². The molecule has 1 aromatic carbocycles. The highest BCUT2D eigenvalue weighted by Gasteiger charge is 2.51. The Balaban J connectivity index is 1.74. The first-order valence-electron chi connectivity index (χ1n) is 8.44. The van der Waals surface area contributed by atoms with Gasteiger partial charge < -0.3 is 9.84 Å². The van der Waals surface area contributed by atoms with Gasteiger partial charge in [-0.15, -0.1) is 0 Å². The first kappa shape index (κ1) is 16.1. The summed E-state index contributed by atoms with van der Waals surface area (Å²) in [4.78, 5) is 11.9. The summed E-state index contributed by atoms with van der Waals surface area (Å²) in [6.45, 7) is 0.912. The van der Waals surface area contributed by atoms with E-state index in [0.717, 1.165) is 36.8 Å². The van der Waals surface area contributed by atoms with Crippen molar-refractivity contribution in [1.29, 1.82) is 0 Å². The molecule has 7 heteroatoms. The van der Waals surface area contributed by atoms with Crippen LogP contribution in [0, 0.1) is 5.92 Å². The molecule has 1 N–H and O–H groups in total. The molecule has 6 nitrogen and oxygen atoms in total. The van der Waals surface area contributed by atoms with Crippen LogP contribution in [-0.4, -0.2) is 35.9 Å². The minimum atomic E-state index is -3.83. The Morgan fingerprint density at radius 1 is 1.17 bits per heavy atom. The summed E-state index contributed by atoms with van der Waals surface area (Å²) in [5, 5.41) is 9.57. The van der Waals surface area contributed by atoms with Gasteiger partial charge in [0.15, 0.2) is 0 Å². The lowest BCUT2D eigenvalue weighted by Gasteiger charge is -2.32. The molecule has 3 atom stereocenters. The molecular weight excluding hydrogens is 330 g/mol. The normalized spacial score (nSPS) is 30.1. The van der Waals surface area contributed by atoms with E-state index in [0.29, 0.717) is 19.6 Å². The molecule has 1 aromatic rings. The number of aliphatic carboxylic acids is 1. The predicted molar refractivity (Wildman–Crippen MR) is 85.7 cm³/mol. The van der Waals surface area contributed by atoms with Crippen LogP contribution in [0.5, 0.6) is 0 Å². The van der Waals surface area contributed by atoms with Gasteiger partial charge >= 0.3 is 5.97 Å². The van der Waals surface area contributed by atoms with E-state index in [-0.39, 0.29) is 16.9 Å². The van der Waals surface area contributed by atoms with Crippen LogP contribution in [0.25, 0.3) is 0 Å². The summed E-state index contributed by atoms with van der Waals surface area (Å²) in [5.74, 6) is -0.884. The van der Waals surface area contributed by atoms with E-state index >= 15 is 0 Å². The Morgan fingerprint density at radius 3 is 2.71 bits per heavy atom. The number of carbonyl (C=O) groups is 1. The number of benzene rings is 1. The highest BCUT2D eigenvalue weighted by Crippen LogP contribution is 2.43. The van der Waals surface area contributed by atoms with Gasteiger partial charge in [0, 0.05) is 6.04 Å². The molecule has 4 rings (SSSR count). The third kappa shape index (κ3) is 2.46. The van der Waals surface area contributed by atoms with Crippen LogP contribution in [-0.2, 0) is 32.8 Å². The Bertz CT molecular complexity index is 775. The van der Waals surface area contributed by atoms with Crippen molar-refractivity contribution in [3.8, 4) is 0 Å². The van der Waals surface area contributed by atoms with Crippen molar-refractivity contribution in [3.05, 3.63) is 29.3 Å². The summed E-state index contributed by atoms with van der Waals surface area (Å²) in [6, 6.07) is 3.87. The van der Waals surface area contributed by atoms with E-state index in [1.807, 2.05) is 0 Å². The zero-order valence-electron chi connectivity index (χ0n) is 13.3. The quantitative estimate of drug-likeness (QED) is 0.902. The molecule has 1 saturated heterocycles. The van der Waals surface area contributed by atoms with Crippen molar-refractivity contribution in [2.75, 3.05) is 0 Å². The molecule has 24 heavy (non-hydrogen) atoms. The molecule has 1 saturated carbocycles. The molecular formula is C17H21NO5S. The fourth-order valence-electron chi connectivity index (χ4n) is 4.41. The SMILES string of the molecule is O=C(O)C1CC2CCCCC2N1S(=O)(=O)c1ccc2c(c1)COC2. The number of sulfonamides is 1. The highest BCUT2D eigenvalue weighted by molar-refractivity contribution is 7.89. The molecule has 0 aromatic heterocycles. The van der Waals surface area contributed by atoms with Gasteiger partial charge in [-0.25, -0.2) is 8.42 Å². The molecule has 3 unspecified atom stereocenters. The molecule has 2 fully saturated rings. The van der Waals surface area contributed by atoms with Crippen LogP contribution in [0.3, 0.4) is 0 Å². The van der Waals surface area contributed by atoms with Crippen molar-refractivity contribution < 1.29 is 23.1 Å². The maximum absolute atomic E-state index is 13.2. The molecule has 0 amide bonds. The Hall–Kier alpha value is -1.44. The van der Waals surface area contributed by atoms with Crippen LogP contribution in [0.1, 0.15) is 43.2 Å². The van der Waals surface area contributed by atoms with Crippen LogP contribution < -0.4 is 0 Å². The maximum Gasteiger partial charge on any atom is 0.322 e. The summed E-state index contributed by atoms with van der Waals surface area (Å²) in [5.41, 5.74) is 1.88. The van der Waals surface area contributed by atoms with Gasteiger partial charge in [-0.3, -0.25) is 4.79 Å². The van der Waals surface area contributed by atoms with E-state index in [9.17, 15) is 18.3 Å². The standard InChI is InChI=1S/C17H21NO5S/c19-17(20)16-8-11-3-1-2-4-15(11)18(16)24(21,22)14-6-5-12-9-23-10-13(12)7-14/h5-7,11,15-16H,1-4,8-10H2,(H,19,20). The van der Waals surface area contributed by atoms with Crippen LogP contribution >= 0.6 is 0 Å². The minimum absolute atomic E-state index is 0.160. The Kier molecular flexibility index (Phi) is 3.89. The van der Waals surface area contributed by atoms with E-state index < -0.39 is 22.0 Å². The van der Waals surface area contributed by atoms with E-state index in [4.69, 9.17) is 4.74 Å². The number of ether oxygens (including phenoxy) is 1. The topological polar surface area (TPSA) is 83.9 Å². The number of nitrogens with zero attached hydrogens (tertiary/aromatic N) is 1. The Labute approximate surface area is 141 Å². The van der Waals surface area contributed by atoms with Crippen molar-refractivity contribution in [2.45, 2.75) is 62.3 Å². The van der Waals surface area contributed by atoms with E-state index in [1.54, 1.807) is 18.2 Å². The van der Waals surface area contributed by atoms with Crippen molar-refractivity contribution in [3.63, 3.8) is 0 Å². The summed E-state index contributed by atoms with van der Waals surface area (Å²) >= 11 is 0. The number of rotatable bonds is 3. The van der Waals surface area contributed by atoms with Gasteiger partial charge in [0.05, 0.1) is 18.1 Å². The lowest BCUT2D eigenvalue weighted by molar-refractivity contribution is -0.141. The van der Waals surface area contributed by atoms with E-state index in [1.165, 1.54) is 4.31 Å². The second-order valence-electron chi connectivity index (χ2n) is 6.96. The number of carboxylic acid groups (broad SMARTS) is 1. The van der Waals surface area contributed by atoms with Gasteiger partial charge in [-0.05, 0) is 48.4 Å². The summed E-state index contributed by atoms with van der Waals surface area (Å²) in [7, 11) is -3.83. The molecule has 130 valence electrons. The minimum Gasteiger partial charge on any atom is -0.480 e. The molecule has 0 spiro atoms. The molecule has 3 aliphatic rings. The summed E-state index contributed by atoms with van der Waals surface area (Å²) < 4.78 is 33.1. The highest BCUT2D eigenvalue weighted by atomic mass is 32.2. The molecule has 2 aliphatic heterocycles. The number of fused-ring (bicyclic) bond motifs is 2. The van der Waals surface area contributed by atoms with Crippen molar-refractivity contribution >= 4 is 16.0 Å². The fraction of sp³-hybridized carbons (Fsp3) is 0.588. The lowest BCUT2D eigenvalue weighted by Crippen LogP contribution is -2.46. The summed E-state index contributed by atoms with van der Waals surface area (Å²) in [6.07, 6.45) is 4.10. The fourth-order valence-corrected chi connectivity index (χ4v) is 6.33. The van der Waals surface area contributed by atoms with Gasteiger partial charge in [0.25, 0.3) is 0 Å². The van der Waals surface area contributed by atoms with Crippen LogP contribution in [0.15, 0.2) is 23.1 Å².